The molecular formula is C13H16N4O. The van der Waals surface area contributed by atoms with Crippen molar-refractivity contribution in [1.29, 1.82) is 0 Å². The molecule has 2 aromatic rings. The molecular weight excluding hydrogens is 228 g/mol. The SMILES string of the molecule is Nc1ncc(-c2ccccc2N2CCOCC2)[nH]1. The molecule has 1 aromatic heterocycles. The number of morpholine rings is 1. The van der Waals surface area contributed by atoms with E-state index >= 15 is 0 Å². The molecule has 0 radical (unpaired) electrons. The molecule has 3 rings (SSSR count). The Morgan fingerprint density at radius 3 is 2.72 bits per heavy atom. The van der Waals surface area contributed by atoms with E-state index in [2.05, 4.69) is 27.0 Å². The highest BCUT2D eigenvalue weighted by Crippen LogP contribution is 2.30. The lowest BCUT2D eigenvalue weighted by Crippen LogP contribution is -2.36. The summed E-state index contributed by atoms with van der Waals surface area (Å²) in [6.45, 7) is 3.39. The van der Waals surface area contributed by atoms with Gasteiger partial charge in [0, 0.05) is 24.3 Å². The van der Waals surface area contributed by atoms with Crippen LogP contribution in [0, 0.1) is 0 Å². The lowest BCUT2D eigenvalue weighted by molar-refractivity contribution is 0.123. The molecule has 1 saturated heterocycles. The Morgan fingerprint density at radius 1 is 1.22 bits per heavy atom. The van der Waals surface area contributed by atoms with Gasteiger partial charge in [0.15, 0.2) is 5.95 Å². The summed E-state index contributed by atoms with van der Waals surface area (Å²) < 4.78 is 5.39. The van der Waals surface area contributed by atoms with Crippen LogP contribution in [0.2, 0.25) is 0 Å². The average molecular weight is 244 g/mol. The van der Waals surface area contributed by atoms with E-state index in [-0.39, 0.29) is 0 Å². The average Bonchev–Trinajstić information content (AvgIpc) is 2.86. The Kier molecular flexibility index (Phi) is 2.90. The maximum atomic E-state index is 5.64. The summed E-state index contributed by atoms with van der Waals surface area (Å²) in [6, 6.07) is 8.28. The van der Waals surface area contributed by atoms with E-state index in [9.17, 15) is 0 Å². The number of para-hydroxylation sites is 1. The second kappa shape index (κ2) is 4.70. The highest BCUT2D eigenvalue weighted by atomic mass is 16.5. The Balaban J connectivity index is 1.99. The van der Waals surface area contributed by atoms with E-state index < -0.39 is 0 Å². The molecule has 1 aliphatic heterocycles. The van der Waals surface area contributed by atoms with Gasteiger partial charge < -0.3 is 20.4 Å². The second-order valence-electron chi connectivity index (χ2n) is 4.30. The molecule has 0 spiro atoms. The summed E-state index contributed by atoms with van der Waals surface area (Å²) in [5, 5.41) is 0. The van der Waals surface area contributed by atoms with E-state index in [4.69, 9.17) is 10.5 Å². The fraction of sp³-hybridized carbons (Fsp3) is 0.308. The third-order valence-electron chi connectivity index (χ3n) is 3.14. The van der Waals surface area contributed by atoms with E-state index in [0.717, 1.165) is 37.6 Å². The van der Waals surface area contributed by atoms with E-state index in [0.29, 0.717) is 5.95 Å². The van der Waals surface area contributed by atoms with Crippen molar-refractivity contribution < 1.29 is 4.74 Å². The number of nitrogens with one attached hydrogen (secondary N) is 1. The van der Waals surface area contributed by atoms with Crippen molar-refractivity contribution in [2.75, 3.05) is 36.9 Å². The van der Waals surface area contributed by atoms with Gasteiger partial charge in [-0.25, -0.2) is 4.98 Å². The van der Waals surface area contributed by atoms with Crippen molar-refractivity contribution in [1.82, 2.24) is 9.97 Å². The number of H-pyrrole nitrogens is 1. The quantitative estimate of drug-likeness (QED) is 0.840. The standard InChI is InChI=1S/C13H16N4O/c14-13-15-9-11(16-13)10-3-1-2-4-12(10)17-5-7-18-8-6-17/h1-4,9H,5-8H2,(H3,14,15,16). The minimum Gasteiger partial charge on any atom is -0.378 e. The van der Waals surface area contributed by atoms with Crippen LogP contribution in [0.15, 0.2) is 30.5 Å². The number of aromatic nitrogens is 2. The van der Waals surface area contributed by atoms with Crippen molar-refractivity contribution in [3.63, 3.8) is 0 Å². The number of hydrogen-bond donors (Lipinski definition) is 2. The number of anilines is 2. The number of benzene rings is 1. The second-order valence-corrected chi connectivity index (χ2v) is 4.30. The molecule has 5 nitrogen and oxygen atoms in total. The van der Waals surface area contributed by atoms with Crippen LogP contribution in [0.4, 0.5) is 11.6 Å². The third-order valence-corrected chi connectivity index (χ3v) is 3.14. The lowest BCUT2D eigenvalue weighted by atomic mass is 10.1. The van der Waals surface area contributed by atoms with Gasteiger partial charge in [-0.2, -0.15) is 0 Å². The zero-order valence-corrected chi connectivity index (χ0v) is 10.1. The first-order valence-corrected chi connectivity index (χ1v) is 6.07. The van der Waals surface area contributed by atoms with Crippen molar-refractivity contribution in [2.24, 2.45) is 0 Å². The van der Waals surface area contributed by atoms with Gasteiger partial charge >= 0.3 is 0 Å². The number of aromatic amines is 1. The molecule has 0 atom stereocenters. The molecule has 3 N–H and O–H groups in total. The van der Waals surface area contributed by atoms with Crippen LogP contribution < -0.4 is 10.6 Å². The van der Waals surface area contributed by atoms with Gasteiger partial charge in [0.1, 0.15) is 0 Å². The monoisotopic (exact) mass is 244 g/mol. The molecule has 2 heterocycles. The number of imidazole rings is 1. The Labute approximate surface area is 106 Å². The number of ether oxygens (including phenoxy) is 1. The summed E-state index contributed by atoms with van der Waals surface area (Å²) in [6.07, 6.45) is 1.77. The number of rotatable bonds is 2. The van der Waals surface area contributed by atoms with Gasteiger partial charge in [-0.05, 0) is 6.07 Å². The third kappa shape index (κ3) is 2.04. The Morgan fingerprint density at radius 2 is 2.00 bits per heavy atom. The fourth-order valence-corrected chi connectivity index (χ4v) is 2.25. The molecule has 5 heteroatoms. The Hall–Kier alpha value is -2.01. The van der Waals surface area contributed by atoms with Crippen molar-refractivity contribution >= 4 is 11.6 Å². The minimum atomic E-state index is 0.446. The summed E-state index contributed by atoms with van der Waals surface area (Å²) >= 11 is 0. The van der Waals surface area contributed by atoms with Gasteiger partial charge in [0.2, 0.25) is 0 Å². The van der Waals surface area contributed by atoms with E-state index in [1.54, 1.807) is 6.20 Å². The van der Waals surface area contributed by atoms with E-state index in [1.807, 2.05) is 12.1 Å². The van der Waals surface area contributed by atoms with Crippen LogP contribution in [0.25, 0.3) is 11.3 Å². The molecule has 0 amide bonds. The Bertz CT molecular complexity index is 531. The largest absolute Gasteiger partial charge is 0.378 e. The molecule has 94 valence electrons. The number of nitrogens with zero attached hydrogens (tertiary/aromatic N) is 2. The van der Waals surface area contributed by atoms with Crippen LogP contribution in [0.3, 0.4) is 0 Å². The van der Waals surface area contributed by atoms with Crippen LogP contribution in [0.5, 0.6) is 0 Å². The number of hydrogen-bond acceptors (Lipinski definition) is 4. The molecule has 0 bridgehead atoms. The first kappa shape index (κ1) is 11.1. The first-order chi connectivity index (χ1) is 8.84. The summed E-state index contributed by atoms with van der Waals surface area (Å²) in [7, 11) is 0. The maximum Gasteiger partial charge on any atom is 0.197 e. The van der Waals surface area contributed by atoms with Gasteiger partial charge in [-0.15, -0.1) is 0 Å². The van der Waals surface area contributed by atoms with Crippen molar-refractivity contribution in [3.8, 4) is 11.3 Å². The zero-order chi connectivity index (χ0) is 12.4. The minimum absolute atomic E-state index is 0.446. The highest BCUT2D eigenvalue weighted by Gasteiger charge is 2.15. The van der Waals surface area contributed by atoms with Crippen molar-refractivity contribution in [2.45, 2.75) is 0 Å². The molecule has 0 aliphatic carbocycles. The predicted molar refractivity (Wildman–Crippen MR) is 71.5 cm³/mol. The van der Waals surface area contributed by atoms with Crippen LogP contribution in [0.1, 0.15) is 0 Å². The fourth-order valence-electron chi connectivity index (χ4n) is 2.25. The van der Waals surface area contributed by atoms with Crippen LogP contribution >= 0.6 is 0 Å². The smallest absolute Gasteiger partial charge is 0.197 e. The van der Waals surface area contributed by atoms with Gasteiger partial charge in [0.25, 0.3) is 0 Å². The molecule has 0 saturated carbocycles. The van der Waals surface area contributed by atoms with Gasteiger partial charge in [-0.1, -0.05) is 18.2 Å². The normalized spacial score (nSPS) is 15.9. The number of nitrogen functional groups attached to an aromatic ring is 1. The summed E-state index contributed by atoms with van der Waals surface area (Å²) in [5.41, 5.74) is 8.92. The topological polar surface area (TPSA) is 67.2 Å². The van der Waals surface area contributed by atoms with Crippen molar-refractivity contribution in [3.05, 3.63) is 30.5 Å². The molecule has 1 aliphatic rings. The molecule has 1 fully saturated rings. The highest BCUT2D eigenvalue weighted by molar-refractivity contribution is 5.76. The van der Waals surface area contributed by atoms with Crippen LogP contribution in [-0.4, -0.2) is 36.3 Å². The summed E-state index contributed by atoms with van der Waals surface area (Å²) in [4.78, 5) is 9.47. The van der Waals surface area contributed by atoms with Crippen LogP contribution in [-0.2, 0) is 4.74 Å². The maximum absolute atomic E-state index is 5.64. The molecule has 0 unspecified atom stereocenters. The van der Waals surface area contributed by atoms with E-state index in [1.165, 1.54) is 5.69 Å². The predicted octanol–water partition coefficient (Wildman–Crippen LogP) is 1.50. The lowest BCUT2D eigenvalue weighted by Gasteiger charge is -2.30. The van der Waals surface area contributed by atoms with Gasteiger partial charge in [-0.3, -0.25) is 0 Å². The summed E-state index contributed by atoms with van der Waals surface area (Å²) in [5.74, 6) is 0.446. The molecule has 1 aromatic carbocycles. The zero-order valence-electron chi connectivity index (χ0n) is 10.1. The first-order valence-electron chi connectivity index (χ1n) is 6.07. The molecule has 18 heavy (non-hydrogen) atoms. The number of nitrogens with two attached hydrogens (primary N) is 1. The van der Waals surface area contributed by atoms with Gasteiger partial charge in [0.05, 0.1) is 25.1 Å².